The van der Waals surface area contributed by atoms with E-state index in [-0.39, 0.29) is 6.61 Å². The summed E-state index contributed by atoms with van der Waals surface area (Å²) in [5, 5.41) is 9.07. The van der Waals surface area contributed by atoms with Crippen LogP contribution in [0.15, 0.2) is 18.3 Å². The molecule has 0 aliphatic carbocycles. The Kier molecular flexibility index (Phi) is 4.34. The van der Waals surface area contributed by atoms with Gasteiger partial charge in [-0.05, 0) is 31.9 Å². The van der Waals surface area contributed by atoms with E-state index in [0.29, 0.717) is 6.10 Å². The molecule has 2 rings (SSSR count). The number of ether oxygens (including phenoxy) is 1. The van der Waals surface area contributed by atoms with Crippen molar-refractivity contribution in [1.29, 1.82) is 0 Å². The van der Waals surface area contributed by atoms with Crippen LogP contribution in [0.25, 0.3) is 0 Å². The van der Waals surface area contributed by atoms with Crippen molar-refractivity contribution in [2.45, 2.75) is 32.5 Å². The quantitative estimate of drug-likeness (QED) is 0.862. The Bertz CT molecular complexity index is 349. The Hall–Kier alpha value is -1.13. The molecule has 1 N–H and O–H groups in total. The monoisotopic (exact) mass is 236 g/mol. The molecule has 17 heavy (non-hydrogen) atoms. The number of piperidine rings is 1. The van der Waals surface area contributed by atoms with Gasteiger partial charge in [-0.3, -0.25) is 4.98 Å². The predicted molar refractivity (Wildman–Crippen MR) is 67.0 cm³/mol. The largest absolute Gasteiger partial charge is 0.390 e. The fraction of sp³-hybridized carbons (Fsp3) is 0.615. The van der Waals surface area contributed by atoms with Crippen molar-refractivity contribution in [3.63, 3.8) is 0 Å². The summed E-state index contributed by atoms with van der Waals surface area (Å²) in [6.45, 7) is 4.87. The van der Waals surface area contributed by atoms with Gasteiger partial charge >= 0.3 is 0 Å². The summed E-state index contributed by atoms with van der Waals surface area (Å²) in [7, 11) is 0. The molecule has 0 bridgehead atoms. The molecule has 1 aliphatic rings. The first-order valence-electron chi connectivity index (χ1n) is 6.25. The smallest absolute Gasteiger partial charge is 0.0853 e. The lowest BCUT2D eigenvalue weighted by molar-refractivity contribution is 0.0459. The third kappa shape index (κ3) is 3.17. The molecule has 2 heterocycles. The maximum Gasteiger partial charge on any atom is 0.0853 e. The van der Waals surface area contributed by atoms with Gasteiger partial charge in [-0.15, -0.1) is 0 Å². The lowest BCUT2D eigenvalue weighted by Crippen LogP contribution is -2.37. The second kappa shape index (κ2) is 5.98. The molecule has 4 nitrogen and oxygen atoms in total. The zero-order valence-electron chi connectivity index (χ0n) is 10.3. The Morgan fingerprint density at radius 1 is 1.47 bits per heavy atom. The first-order valence-corrected chi connectivity index (χ1v) is 6.25. The van der Waals surface area contributed by atoms with Crippen LogP contribution in [0.1, 0.15) is 25.5 Å². The van der Waals surface area contributed by atoms with E-state index in [0.717, 1.165) is 43.9 Å². The molecule has 1 aliphatic heterocycles. The van der Waals surface area contributed by atoms with Gasteiger partial charge in [0.2, 0.25) is 0 Å². The molecule has 1 aromatic heterocycles. The maximum absolute atomic E-state index is 9.07. The Morgan fingerprint density at radius 3 is 2.88 bits per heavy atom. The van der Waals surface area contributed by atoms with Crippen LogP contribution in [0.3, 0.4) is 0 Å². The van der Waals surface area contributed by atoms with E-state index in [2.05, 4.69) is 9.88 Å². The van der Waals surface area contributed by atoms with Crippen LogP contribution in [0.5, 0.6) is 0 Å². The van der Waals surface area contributed by atoms with E-state index >= 15 is 0 Å². The van der Waals surface area contributed by atoms with Crippen molar-refractivity contribution in [3.8, 4) is 0 Å². The number of aliphatic hydroxyl groups is 1. The third-order valence-electron chi connectivity index (χ3n) is 3.17. The van der Waals surface area contributed by atoms with Crippen LogP contribution in [-0.2, 0) is 11.3 Å². The normalized spacial score (nSPS) is 17.4. The predicted octanol–water partition coefficient (Wildman–Crippen LogP) is 1.58. The lowest BCUT2D eigenvalue weighted by Gasteiger charge is -2.33. The van der Waals surface area contributed by atoms with E-state index in [4.69, 9.17) is 9.84 Å². The first-order chi connectivity index (χ1) is 8.33. The molecule has 0 radical (unpaired) electrons. The summed E-state index contributed by atoms with van der Waals surface area (Å²) < 4.78 is 5.63. The van der Waals surface area contributed by atoms with Gasteiger partial charge in [0.25, 0.3) is 0 Å². The van der Waals surface area contributed by atoms with Crippen molar-refractivity contribution in [3.05, 3.63) is 24.0 Å². The van der Waals surface area contributed by atoms with Gasteiger partial charge < -0.3 is 14.7 Å². The van der Waals surface area contributed by atoms with Gasteiger partial charge in [-0.1, -0.05) is 0 Å². The van der Waals surface area contributed by atoms with E-state index in [1.54, 1.807) is 6.20 Å². The molecule has 1 saturated heterocycles. The zero-order chi connectivity index (χ0) is 12.1. The highest BCUT2D eigenvalue weighted by Gasteiger charge is 2.19. The van der Waals surface area contributed by atoms with Crippen LogP contribution >= 0.6 is 0 Å². The van der Waals surface area contributed by atoms with Gasteiger partial charge in [0.15, 0.2) is 0 Å². The van der Waals surface area contributed by atoms with Crippen molar-refractivity contribution in [1.82, 2.24) is 4.98 Å². The lowest BCUT2D eigenvalue weighted by atomic mass is 10.1. The Labute approximate surface area is 102 Å². The molecule has 1 fully saturated rings. The first kappa shape index (κ1) is 12.3. The van der Waals surface area contributed by atoms with Crippen molar-refractivity contribution in [2.24, 2.45) is 0 Å². The topological polar surface area (TPSA) is 45.6 Å². The molecule has 0 amide bonds. The molecule has 0 spiro atoms. The minimum Gasteiger partial charge on any atom is -0.390 e. The summed E-state index contributed by atoms with van der Waals surface area (Å²) in [5.74, 6) is 0. The second-order valence-electron chi connectivity index (χ2n) is 4.31. The highest BCUT2D eigenvalue weighted by molar-refractivity contribution is 5.46. The number of pyridine rings is 1. The summed E-state index contributed by atoms with van der Waals surface area (Å²) in [6.07, 6.45) is 4.32. The van der Waals surface area contributed by atoms with Crippen LogP contribution in [0, 0.1) is 0 Å². The molecule has 4 heteroatoms. The van der Waals surface area contributed by atoms with Gasteiger partial charge in [0.1, 0.15) is 0 Å². The van der Waals surface area contributed by atoms with Crippen LogP contribution in [0.2, 0.25) is 0 Å². The molecule has 0 atom stereocenters. The number of hydrogen-bond acceptors (Lipinski definition) is 4. The second-order valence-corrected chi connectivity index (χ2v) is 4.31. The zero-order valence-corrected chi connectivity index (χ0v) is 10.3. The molecule has 0 unspecified atom stereocenters. The average molecular weight is 236 g/mol. The van der Waals surface area contributed by atoms with E-state index in [1.165, 1.54) is 0 Å². The number of aliphatic hydroxyl groups excluding tert-OH is 1. The fourth-order valence-corrected chi connectivity index (χ4v) is 2.26. The van der Waals surface area contributed by atoms with Crippen LogP contribution in [0.4, 0.5) is 5.69 Å². The maximum atomic E-state index is 9.07. The van der Waals surface area contributed by atoms with E-state index < -0.39 is 0 Å². The van der Waals surface area contributed by atoms with Crippen molar-refractivity contribution < 1.29 is 9.84 Å². The van der Waals surface area contributed by atoms with Crippen LogP contribution in [-0.4, -0.2) is 35.9 Å². The fourth-order valence-electron chi connectivity index (χ4n) is 2.26. The van der Waals surface area contributed by atoms with Crippen LogP contribution < -0.4 is 4.90 Å². The molecule has 0 saturated carbocycles. The van der Waals surface area contributed by atoms with Crippen molar-refractivity contribution in [2.75, 3.05) is 24.6 Å². The average Bonchev–Trinajstić information content (AvgIpc) is 2.40. The van der Waals surface area contributed by atoms with Crippen molar-refractivity contribution >= 4 is 5.69 Å². The summed E-state index contributed by atoms with van der Waals surface area (Å²) in [5.41, 5.74) is 1.88. The van der Waals surface area contributed by atoms with Gasteiger partial charge in [-0.25, -0.2) is 0 Å². The standard InChI is InChI=1S/C13H20N2O2/c1-2-17-13-4-7-15(8-5-13)12-3-6-14-11(9-12)10-16/h3,6,9,13,16H,2,4-5,7-8,10H2,1H3. The molecular weight excluding hydrogens is 216 g/mol. The SMILES string of the molecule is CCOC1CCN(c2ccnc(CO)c2)CC1. The summed E-state index contributed by atoms with van der Waals surface area (Å²) >= 11 is 0. The van der Waals surface area contributed by atoms with Gasteiger partial charge in [0, 0.05) is 31.6 Å². The molecule has 0 aromatic carbocycles. The van der Waals surface area contributed by atoms with E-state index in [9.17, 15) is 0 Å². The molecule has 1 aromatic rings. The van der Waals surface area contributed by atoms with E-state index in [1.807, 2.05) is 19.1 Å². The Balaban J connectivity index is 1.95. The Morgan fingerprint density at radius 2 is 2.24 bits per heavy atom. The minimum atomic E-state index is 0.00323. The number of rotatable bonds is 4. The molecular formula is C13H20N2O2. The minimum absolute atomic E-state index is 0.00323. The number of aromatic nitrogens is 1. The number of nitrogens with zero attached hydrogens (tertiary/aromatic N) is 2. The third-order valence-corrected chi connectivity index (χ3v) is 3.17. The van der Waals surface area contributed by atoms with Gasteiger partial charge in [-0.2, -0.15) is 0 Å². The summed E-state index contributed by atoms with van der Waals surface area (Å²) in [4.78, 5) is 6.43. The highest BCUT2D eigenvalue weighted by atomic mass is 16.5. The van der Waals surface area contributed by atoms with Gasteiger partial charge in [0.05, 0.1) is 18.4 Å². The highest BCUT2D eigenvalue weighted by Crippen LogP contribution is 2.21. The summed E-state index contributed by atoms with van der Waals surface area (Å²) in [6, 6.07) is 3.96. The number of anilines is 1. The number of hydrogen-bond donors (Lipinski definition) is 1. The molecule has 94 valence electrons.